The van der Waals surface area contributed by atoms with Gasteiger partial charge in [-0.2, -0.15) is 0 Å². The first kappa shape index (κ1) is 17.3. The zero-order valence-electron chi connectivity index (χ0n) is 15.5. The second-order valence-corrected chi connectivity index (χ2v) is 7.11. The number of nitrogens with zero attached hydrogens (tertiary/aromatic N) is 1. The molecule has 0 bridgehead atoms. The van der Waals surface area contributed by atoms with Crippen LogP contribution in [0.15, 0.2) is 73.1 Å². The lowest BCUT2D eigenvalue weighted by Crippen LogP contribution is -1.98. The third-order valence-corrected chi connectivity index (χ3v) is 5.07. The Balaban J connectivity index is 2.19. The van der Waals surface area contributed by atoms with Crippen LogP contribution in [0.5, 0.6) is 0 Å². The number of allylic oxidation sites excluding steroid dienone is 1. The summed E-state index contributed by atoms with van der Waals surface area (Å²) in [6.07, 6.45) is 5.59. The molecule has 136 valence electrons. The van der Waals surface area contributed by atoms with Gasteiger partial charge < -0.3 is 9.51 Å². The number of aliphatic hydroxyl groups excluding tert-OH is 1. The third-order valence-electron chi connectivity index (χ3n) is 5.07. The Bertz CT molecular complexity index is 1140. The van der Waals surface area contributed by atoms with Crippen LogP contribution in [0.4, 0.5) is 4.39 Å². The Kier molecular flexibility index (Phi) is 4.44. The predicted molar refractivity (Wildman–Crippen MR) is 110 cm³/mol. The molecule has 0 amide bonds. The maximum Gasteiger partial charge on any atom is 0.123 e. The lowest BCUT2D eigenvalue weighted by molar-refractivity contribution is 0.471. The van der Waals surface area contributed by atoms with Gasteiger partial charge in [-0.1, -0.05) is 50.2 Å². The van der Waals surface area contributed by atoms with E-state index in [0.717, 1.165) is 22.9 Å². The fourth-order valence-corrected chi connectivity index (χ4v) is 4.02. The molecule has 27 heavy (non-hydrogen) atoms. The third kappa shape index (κ3) is 2.89. The van der Waals surface area contributed by atoms with Gasteiger partial charge in [0.1, 0.15) is 5.82 Å². The van der Waals surface area contributed by atoms with E-state index < -0.39 is 0 Å². The summed E-state index contributed by atoms with van der Waals surface area (Å²) < 4.78 is 15.8. The standard InChI is InChI=1S/C24H22FNO/c1-16(2)23-21(8-5-15-27)22(18-9-11-19(25)12-10-18)24-20-7-4-3-6-17(20)13-14-26(23)24/h3-7,9-16,27H,8H2,1-2H3. The van der Waals surface area contributed by atoms with Crippen molar-refractivity contribution in [1.82, 2.24) is 4.40 Å². The number of pyridine rings is 1. The summed E-state index contributed by atoms with van der Waals surface area (Å²) in [7, 11) is 0. The van der Waals surface area contributed by atoms with Crippen molar-refractivity contribution >= 4 is 16.3 Å². The summed E-state index contributed by atoms with van der Waals surface area (Å²) >= 11 is 0. The van der Waals surface area contributed by atoms with Gasteiger partial charge in [-0.15, -0.1) is 0 Å². The second kappa shape index (κ2) is 6.92. The van der Waals surface area contributed by atoms with Crippen LogP contribution in [0.2, 0.25) is 0 Å². The normalized spacial score (nSPS) is 12.0. The molecule has 4 rings (SSSR count). The topological polar surface area (TPSA) is 24.6 Å². The quantitative estimate of drug-likeness (QED) is 0.406. The van der Waals surface area contributed by atoms with Crippen molar-refractivity contribution in [2.45, 2.75) is 26.2 Å². The number of benzene rings is 2. The summed E-state index contributed by atoms with van der Waals surface area (Å²) in [5.74, 6) is 0.0583. The maximum absolute atomic E-state index is 13.6. The Morgan fingerprint density at radius 3 is 2.48 bits per heavy atom. The number of fused-ring (bicyclic) bond motifs is 3. The van der Waals surface area contributed by atoms with E-state index in [2.05, 4.69) is 42.6 Å². The van der Waals surface area contributed by atoms with Gasteiger partial charge in [0.25, 0.3) is 0 Å². The van der Waals surface area contributed by atoms with Crippen LogP contribution in [0, 0.1) is 5.82 Å². The molecule has 2 aromatic heterocycles. The van der Waals surface area contributed by atoms with Gasteiger partial charge in [0.2, 0.25) is 0 Å². The SMILES string of the molecule is CC(C)c1c(CC=CO)c(-c2ccc(F)cc2)c2c3ccccc3ccn12. The first-order valence-electron chi connectivity index (χ1n) is 9.21. The molecule has 4 aromatic rings. The van der Waals surface area contributed by atoms with Gasteiger partial charge in [-0.25, -0.2) is 4.39 Å². The summed E-state index contributed by atoms with van der Waals surface area (Å²) in [6.45, 7) is 4.36. The van der Waals surface area contributed by atoms with Crippen LogP contribution in [0.25, 0.3) is 27.4 Å². The van der Waals surface area contributed by atoms with Crippen LogP contribution >= 0.6 is 0 Å². The molecule has 0 spiro atoms. The average molecular weight is 359 g/mol. The number of rotatable bonds is 4. The van der Waals surface area contributed by atoms with E-state index in [9.17, 15) is 9.50 Å². The number of aromatic nitrogens is 1. The van der Waals surface area contributed by atoms with E-state index in [1.54, 1.807) is 6.08 Å². The molecule has 0 aliphatic rings. The number of hydrogen-bond donors (Lipinski definition) is 1. The Morgan fingerprint density at radius 2 is 1.78 bits per heavy atom. The van der Waals surface area contributed by atoms with Crippen molar-refractivity contribution in [1.29, 1.82) is 0 Å². The monoisotopic (exact) mass is 359 g/mol. The largest absolute Gasteiger partial charge is 0.516 e. The molecule has 0 saturated carbocycles. The summed E-state index contributed by atoms with van der Waals surface area (Å²) in [6, 6.07) is 17.1. The highest BCUT2D eigenvalue weighted by molar-refractivity contribution is 6.05. The molecule has 0 unspecified atom stereocenters. The van der Waals surface area contributed by atoms with Crippen molar-refractivity contribution in [3.05, 3.63) is 90.2 Å². The minimum absolute atomic E-state index is 0.243. The van der Waals surface area contributed by atoms with E-state index in [1.807, 2.05) is 24.3 Å². The van der Waals surface area contributed by atoms with Crippen molar-refractivity contribution in [2.24, 2.45) is 0 Å². The molecule has 2 aromatic carbocycles. The molecule has 0 radical (unpaired) electrons. The lowest BCUT2D eigenvalue weighted by atomic mass is 9.94. The molecule has 0 saturated heterocycles. The van der Waals surface area contributed by atoms with Gasteiger partial charge in [-0.05, 0) is 53.1 Å². The van der Waals surface area contributed by atoms with Gasteiger partial charge in [0, 0.05) is 22.8 Å². The van der Waals surface area contributed by atoms with Crippen molar-refractivity contribution < 1.29 is 9.50 Å². The molecule has 0 atom stereocenters. The zero-order chi connectivity index (χ0) is 19.0. The number of hydrogen-bond acceptors (Lipinski definition) is 1. The summed E-state index contributed by atoms with van der Waals surface area (Å²) in [5, 5.41) is 11.6. The average Bonchev–Trinajstić information content (AvgIpc) is 3.01. The number of halogens is 1. The Labute approximate surface area is 158 Å². The fourth-order valence-electron chi connectivity index (χ4n) is 4.02. The molecular formula is C24H22FNO. The van der Waals surface area contributed by atoms with Crippen LogP contribution in [-0.4, -0.2) is 9.51 Å². The Morgan fingerprint density at radius 1 is 1.04 bits per heavy atom. The second-order valence-electron chi connectivity index (χ2n) is 7.11. The highest BCUT2D eigenvalue weighted by Gasteiger charge is 2.22. The molecule has 2 heterocycles. The van der Waals surface area contributed by atoms with Gasteiger partial charge in [0.15, 0.2) is 0 Å². The number of aliphatic hydroxyl groups is 1. The highest BCUT2D eigenvalue weighted by Crippen LogP contribution is 2.40. The van der Waals surface area contributed by atoms with Crippen LogP contribution in [0.3, 0.4) is 0 Å². The van der Waals surface area contributed by atoms with Gasteiger partial charge >= 0.3 is 0 Å². The lowest BCUT2D eigenvalue weighted by Gasteiger charge is -2.10. The minimum Gasteiger partial charge on any atom is -0.516 e. The molecule has 2 nitrogen and oxygen atoms in total. The van der Waals surface area contributed by atoms with Crippen LogP contribution in [-0.2, 0) is 6.42 Å². The smallest absolute Gasteiger partial charge is 0.123 e. The minimum atomic E-state index is -0.243. The Hall–Kier alpha value is -3.07. The zero-order valence-corrected chi connectivity index (χ0v) is 15.5. The van der Waals surface area contributed by atoms with E-state index in [4.69, 9.17) is 0 Å². The molecular weight excluding hydrogens is 337 g/mol. The summed E-state index contributed by atoms with van der Waals surface area (Å²) in [5.41, 5.74) is 5.60. The van der Waals surface area contributed by atoms with E-state index in [-0.39, 0.29) is 5.82 Å². The first-order valence-corrected chi connectivity index (χ1v) is 9.21. The van der Waals surface area contributed by atoms with Crippen molar-refractivity contribution in [2.75, 3.05) is 0 Å². The van der Waals surface area contributed by atoms with E-state index in [0.29, 0.717) is 12.3 Å². The predicted octanol–water partition coefficient (Wildman–Crippen LogP) is 6.64. The van der Waals surface area contributed by atoms with Crippen LogP contribution in [0.1, 0.15) is 31.0 Å². The van der Waals surface area contributed by atoms with Gasteiger partial charge in [-0.3, -0.25) is 0 Å². The molecule has 0 fully saturated rings. The molecule has 0 aliphatic carbocycles. The molecule has 1 N–H and O–H groups in total. The molecule has 3 heteroatoms. The maximum atomic E-state index is 13.6. The van der Waals surface area contributed by atoms with Gasteiger partial charge in [0.05, 0.1) is 11.8 Å². The van der Waals surface area contributed by atoms with Crippen molar-refractivity contribution in [3.63, 3.8) is 0 Å². The van der Waals surface area contributed by atoms with E-state index in [1.165, 1.54) is 34.2 Å². The van der Waals surface area contributed by atoms with Crippen molar-refractivity contribution in [3.8, 4) is 11.1 Å². The first-order chi connectivity index (χ1) is 13.1. The fraction of sp³-hybridized carbons (Fsp3) is 0.167. The molecule has 0 aliphatic heterocycles. The van der Waals surface area contributed by atoms with E-state index >= 15 is 0 Å². The highest BCUT2D eigenvalue weighted by atomic mass is 19.1. The van der Waals surface area contributed by atoms with Crippen LogP contribution < -0.4 is 0 Å². The summed E-state index contributed by atoms with van der Waals surface area (Å²) in [4.78, 5) is 0.